The number of halogens is 3. The van der Waals surface area contributed by atoms with Crippen LogP contribution in [0.1, 0.15) is 29.3 Å². The lowest BCUT2D eigenvalue weighted by atomic mass is 10.2. The van der Waals surface area contributed by atoms with Crippen LogP contribution in [0.3, 0.4) is 0 Å². The predicted octanol–water partition coefficient (Wildman–Crippen LogP) is 3.84. The average molecular weight is 567 g/mol. The minimum atomic E-state index is -5.37. The number of carbonyl (C=O) groups is 1. The number of nitrogens with one attached hydrogen (secondary N) is 1. The van der Waals surface area contributed by atoms with Gasteiger partial charge in [-0.2, -0.15) is 13.2 Å². The van der Waals surface area contributed by atoms with Crippen molar-refractivity contribution in [1.29, 1.82) is 0 Å². The van der Waals surface area contributed by atoms with Crippen LogP contribution in [0.5, 0.6) is 0 Å². The van der Waals surface area contributed by atoms with E-state index in [1.165, 1.54) is 34.8 Å². The Hall–Kier alpha value is -2.79. The molecular weight excluding hydrogens is 545 g/mol. The van der Waals surface area contributed by atoms with E-state index < -0.39 is 32.4 Å². The summed E-state index contributed by atoms with van der Waals surface area (Å²) in [5, 5.41) is 15.1. The highest BCUT2D eigenvalue weighted by atomic mass is 32.2. The molecule has 0 aliphatic carbocycles. The third-order valence-corrected chi connectivity index (χ3v) is 8.03. The maximum atomic E-state index is 12.6. The molecule has 4 N–H and O–H groups in total. The number of anilines is 1. The molecule has 0 saturated heterocycles. The van der Waals surface area contributed by atoms with Crippen molar-refractivity contribution in [1.82, 2.24) is 9.97 Å². The molecule has 36 heavy (non-hydrogen) atoms. The number of rotatable bonds is 11. The fraction of sp³-hybridized carbons (Fsp3) is 0.350. The van der Waals surface area contributed by atoms with Crippen LogP contribution in [0.2, 0.25) is 0 Å². The molecule has 1 unspecified atom stereocenters. The van der Waals surface area contributed by atoms with Gasteiger partial charge in [-0.25, -0.2) is 23.2 Å². The molecule has 16 heteroatoms. The molecule has 2 aromatic heterocycles. The third kappa shape index (κ3) is 6.70. The highest BCUT2D eigenvalue weighted by Gasteiger charge is 2.46. The summed E-state index contributed by atoms with van der Waals surface area (Å²) >= 11 is 2.50. The third-order valence-electron chi connectivity index (χ3n) is 4.65. The van der Waals surface area contributed by atoms with Crippen LogP contribution < -0.4 is 11.1 Å². The first-order valence-electron chi connectivity index (χ1n) is 10.2. The number of sulfone groups is 1. The summed E-state index contributed by atoms with van der Waals surface area (Å²) < 4.78 is 71.1. The molecule has 10 nitrogen and oxygen atoms in total. The van der Waals surface area contributed by atoms with Crippen molar-refractivity contribution in [2.45, 2.75) is 36.5 Å². The Labute approximate surface area is 211 Å². The van der Waals surface area contributed by atoms with Crippen molar-refractivity contribution >= 4 is 43.7 Å². The van der Waals surface area contributed by atoms with Gasteiger partial charge in [0.05, 0.1) is 28.7 Å². The number of hydrogen-bond acceptors (Lipinski definition) is 11. The van der Waals surface area contributed by atoms with Gasteiger partial charge in [0.2, 0.25) is 0 Å². The summed E-state index contributed by atoms with van der Waals surface area (Å²) in [4.78, 5) is 19.6. The second-order valence-corrected chi connectivity index (χ2v) is 11.1. The maximum Gasteiger partial charge on any atom is 0.501 e. The Morgan fingerprint density at radius 2 is 1.94 bits per heavy atom. The number of aliphatic hydroxyl groups excluding tert-OH is 1. The summed E-state index contributed by atoms with van der Waals surface area (Å²) in [6.45, 7) is 1.63. The Balaban J connectivity index is 1.52. The number of ether oxygens (including phenoxy) is 2. The number of aromatic nitrogens is 2. The van der Waals surface area contributed by atoms with Crippen LogP contribution in [0.25, 0.3) is 10.6 Å². The van der Waals surface area contributed by atoms with Crippen molar-refractivity contribution in [2.75, 3.05) is 18.7 Å². The number of aliphatic hydroxyl groups is 1. The molecule has 2 heterocycles. The van der Waals surface area contributed by atoms with Gasteiger partial charge in [-0.1, -0.05) is 12.1 Å². The van der Waals surface area contributed by atoms with Crippen molar-refractivity contribution in [3.8, 4) is 10.6 Å². The summed E-state index contributed by atoms with van der Waals surface area (Å²) in [6, 6.07) is 4.44. The van der Waals surface area contributed by atoms with Gasteiger partial charge < -0.3 is 25.6 Å². The zero-order valence-corrected chi connectivity index (χ0v) is 21.1. The van der Waals surface area contributed by atoms with Crippen molar-refractivity contribution in [3.05, 3.63) is 45.9 Å². The van der Waals surface area contributed by atoms with Gasteiger partial charge in [-0.15, -0.1) is 22.7 Å². The molecule has 0 fully saturated rings. The molecule has 1 atom stereocenters. The molecule has 3 rings (SSSR count). The van der Waals surface area contributed by atoms with Gasteiger partial charge in [0, 0.05) is 5.38 Å². The van der Waals surface area contributed by atoms with E-state index in [0.717, 1.165) is 12.1 Å². The Morgan fingerprint density at radius 1 is 1.25 bits per heavy atom. The molecular formula is C20H21F3N4O6S3. The lowest BCUT2D eigenvalue weighted by Crippen LogP contribution is -2.23. The number of amides is 1. The van der Waals surface area contributed by atoms with E-state index in [4.69, 9.17) is 15.2 Å². The van der Waals surface area contributed by atoms with Crippen LogP contribution in [0.4, 0.5) is 23.1 Å². The Kier molecular flexibility index (Phi) is 8.89. The Morgan fingerprint density at radius 3 is 2.56 bits per heavy atom. The first-order chi connectivity index (χ1) is 16.9. The monoisotopic (exact) mass is 566 g/mol. The van der Waals surface area contributed by atoms with E-state index in [1.54, 1.807) is 12.3 Å². The standard InChI is InChI=1S/C20H21F3N4O6S3/c1-11(33-18(24)29)16-17(35-15(8-28)27-16)14-9-34-19(26-14)25-10-32-7-6-12-2-4-13(5-3-12)36(30,31)20(21,22)23/h2-5,9,11,28H,6-8,10H2,1H3,(H2,24,29)(H,25,26). The van der Waals surface area contributed by atoms with Gasteiger partial charge in [0.15, 0.2) is 5.13 Å². The van der Waals surface area contributed by atoms with E-state index in [9.17, 15) is 31.5 Å². The second-order valence-electron chi connectivity index (χ2n) is 7.17. The summed E-state index contributed by atoms with van der Waals surface area (Å²) in [5.74, 6) is 0. The smallest absolute Gasteiger partial charge is 0.440 e. The fourth-order valence-electron chi connectivity index (χ4n) is 2.94. The minimum absolute atomic E-state index is 0.0894. The zero-order valence-electron chi connectivity index (χ0n) is 18.6. The summed E-state index contributed by atoms with van der Waals surface area (Å²) in [5.41, 5.74) is 1.32. The van der Waals surface area contributed by atoms with Crippen molar-refractivity contribution in [3.63, 3.8) is 0 Å². The predicted molar refractivity (Wildman–Crippen MR) is 126 cm³/mol. The maximum absolute atomic E-state index is 12.6. The first kappa shape index (κ1) is 27.8. The number of thiazole rings is 2. The van der Waals surface area contributed by atoms with Gasteiger partial charge in [0.25, 0.3) is 9.84 Å². The number of nitrogens with two attached hydrogens (primary N) is 1. The number of nitrogens with zero attached hydrogens (tertiary/aromatic N) is 2. The average Bonchev–Trinajstić information content (AvgIpc) is 3.45. The number of alkyl halides is 3. The van der Waals surface area contributed by atoms with Crippen LogP contribution >= 0.6 is 22.7 Å². The van der Waals surface area contributed by atoms with Gasteiger partial charge >= 0.3 is 11.6 Å². The van der Waals surface area contributed by atoms with E-state index in [2.05, 4.69) is 15.3 Å². The summed E-state index contributed by atoms with van der Waals surface area (Å²) in [6.07, 6.45) is -1.34. The Bertz CT molecular complexity index is 1290. The van der Waals surface area contributed by atoms with E-state index >= 15 is 0 Å². The van der Waals surface area contributed by atoms with Crippen LogP contribution in [0.15, 0.2) is 34.5 Å². The molecule has 0 aliphatic heterocycles. The highest BCUT2D eigenvalue weighted by Crippen LogP contribution is 2.36. The van der Waals surface area contributed by atoms with Crippen LogP contribution in [-0.2, 0) is 32.3 Å². The molecule has 0 spiro atoms. The molecule has 0 aliphatic rings. The SMILES string of the molecule is CC(OC(N)=O)c1nc(CO)sc1-c1csc(NCOCCc2ccc(S(=O)(=O)C(F)(F)F)cc2)n1. The number of primary amides is 1. The first-order valence-corrected chi connectivity index (χ1v) is 13.3. The number of hydrogen-bond donors (Lipinski definition) is 3. The summed E-state index contributed by atoms with van der Waals surface area (Å²) in [7, 11) is -5.37. The lowest BCUT2D eigenvalue weighted by molar-refractivity contribution is -0.0436. The molecule has 0 radical (unpaired) electrons. The number of carbonyl (C=O) groups excluding carboxylic acids is 1. The van der Waals surface area contributed by atoms with Crippen LogP contribution in [-0.4, -0.2) is 48.4 Å². The minimum Gasteiger partial charge on any atom is -0.440 e. The molecule has 0 bridgehead atoms. The van der Waals surface area contributed by atoms with E-state index in [-0.39, 0.29) is 19.9 Å². The highest BCUT2D eigenvalue weighted by molar-refractivity contribution is 7.92. The second kappa shape index (κ2) is 11.5. The van der Waals surface area contributed by atoms with Gasteiger partial charge in [0.1, 0.15) is 23.5 Å². The lowest BCUT2D eigenvalue weighted by Gasteiger charge is -2.10. The molecule has 3 aromatic rings. The van der Waals surface area contributed by atoms with E-state index in [0.29, 0.717) is 38.4 Å². The van der Waals surface area contributed by atoms with Crippen molar-refractivity contribution < 1.29 is 41.0 Å². The molecule has 196 valence electrons. The van der Waals surface area contributed by atoms with Gasteiger partial charge in [-0.3, -0.25) is 0 Å². The van der Waals surface area contributed by atoms with E-state index in [1.807, 2.05) is 0 Å². The van der Waals surface area contributed by atoms with Crippen LogP contribution in [0, 0.1) is 0 Å². The topological polar surface area (TPSA) is 154 Å². The fourth-order valence-corrected chi connectivity index (χ4v) is 5.43. The number of benzene rings is 1. The van der Waals surface area contributed by atoms with Gasteiger partial charge in [-0.05, 0) is 31.0 Å². The molecule has 0 saturated carbocycles. The quantitative estimate of drug-likeness (QED) is 0.232. The normalized spacial score (nSPS) is 12.9. The zero-order chi connectivity index (χ0) is 26.5. The molecule has 1 aromatic carbocycles. The van der Waals surface area contributed by atoms with Crippen molar-refractivity contribution in [2.24, 2.45) is 5.73 Å². The largest absolute Gasteiger partial charge is 0.501 e. The molecule has 1 amide bonds.